The van der Waals surface area contributed by atoms with Gasteiger partial charge in [0.1, 0.15) is 0 Å². The molecule has 1 aliphatic rings. The first kappa shape index (κ1) is 16.8. The lowest BCUT2D eigenvalue weighted by Gasteiger charge is -1.95. The molecule has 1 aromatic carbocycles. The van der Waals surface area contributed by atoms with Gasteiger partial charge in [-0.05, 0) is 31.9 Å². The van der Waals surface area contributed by atoms with Gasteiger partial charge in [-0.3, -0.25) is 4.55 Å². The molecule has 0 aliphatic carbocycles. The highest BCUT2D eigenvalue weighted by molar-refractivity contribution is 14.0. The zero-order chi connectivity index (χ0) is 12.0. The van der Waals surface area contributed by atoms with Crippen LogP contribution in [0.2, 0.25) is 0 Å². The first-order valence-electron chi connectivity index (χ1n) is 5.12. The second-order valence-electron chi connectivity index (χ2n) is 3.61. The van der Waals surface area contributed by atoms with Gasteiger partial charge in [0.25, 0.3) is 10.1 Å². The third-order valence-electron chi connectivity index (χ3n) is 2.15. The summed E-state index contributed by atoms with van der Waals surface area (Å²) in [6.45, 7) is 3.84. The summed E-state index contributed by atoms with van der Waals surface area (Å²) in [6, 6.07) is 5.99. The summed E-state index contributed by atoms with van der Waals surface area (Å²) in [5.74, 6) is 0. The maximum Gasteiger partial charge on any atom is 0.294 e. The Morgan fingerprint density at radius 2 is 1.59 bits per heavy atom. The van der Waals surface area contributed by atoms with Crippen LogP contribution in [-0.4, -0.2) is 26.2 Å². The van der Waals surface area contributed by atoms with Gasteiger partial charge in [0.2, 0.25) is 0 Å². The molecular weight excluding hydrogens is 355 g/mol. The third kappa shape index (κ3) is 6.97. The van der Waals surface area contributed by atoms with Crippen molar-refractivity contribution < 1.29 is 17.7 Å². The van der Waals surface area contributed by atoms with E-state index in [2.05, 4.69) is 0 Å². The van der Waals surface area contributed by atoms with E-state index in [1.54, 1.807) is 12.1 Å². The maximum absolute atomic E-state index is 10.5. The van der Waals surface area contributed by atoms with E-state index < -0.39 is 10.1 Å². The Morgan fingerprint density at radius 1 is 1.12 bits per heavy atom. The second kappa shape index (κ2) is 8.02. The standard InChI is InChI=1S/C7H8O3S.C4H8O.HI/c1-6-2-4-7(5-3-6)11(8,9)10;1-2-4-5-3-1;/h2-5H,1H3,(H,8,9,10);1-4H2;1H. The van der Waals surface area contributed by atoms with Crippen molar-refractivity contribution in [2.75, 3.05) is 13.2 Å². The summed E-state index contributed by atoms with van der Waals surface area (Å²) in [4.78, 5) is -0.0666. The van der Waals surface area contributed by atoms with Crippen LogP contribution < -0.4 is 0 Å². The van der Waals surface area contributed by atoms with E-state index in [-0.39, 0.29) is 28.9 Å². The molecule has 2 rings (SSSR count). The fourth-order valence-electron chi connectivity index (χ4n) is 1.22. The molecule has 1 saturated heterocycles. The summed E-state index contributed by atoms with van der Waals surface area (Å²) >= 11 is 0. The van der Waals surface area contributed by atoms with Gasteiger partial charge in [0.05, 0.1) is 4.90 Å². The fraction of sp³-hybridized carbons (Fsp3) is 0.455. The molecule has 0 unspecified atom stereocenters. The molecule has 0 saturated carbocycles. The number of benzene rings is 1. The molecular formula is C11H17IO4S. The Labute approximate surface area is 119 Å². The van der Waals surface area contributed by atoms with Crippen molar-refractivity contribution in [2.45, 2.75) is 24.7 Å². The molecule has 1 aromatic rings. The van der Waals surface area contributed by atoms with Crippen molar-refractivity contribution in [1.82, 2.24) is 0 Å². The number of aryl methyl sites for hydroxylation is 1. The van der Waals surface area contributed by atoms with E-state index in [1.165, 1.54) is 25.0 Å². The van der Waals surface area contributed by atoms with Crippen LogP contribution in [0.4, 0.5) is 0 Å². The molecule has 1 heterocycles. The van der Waals surface area contributed by atoms with Crippen molar-refractivity contribution in [1.29, 1.82) is 0 Å². The number of halogens is 1. The number of ether oxygens (including phenoxy) is 1. The third-order valence-corrected chi connectivity index (χ3v) is 3.01. The molecule has 0 radical (unpaired) electrons. The Morgan fingerprint density at radius 3 is 1.88 bits per heavy atom. The lowest BCUT2D eigenvalue weighted by molar-refractivity contribution is 0.198. The molecule has 1 aliphatic heterocycles. The highest BCUT2D eigenvalue weighted by atomic mass is 127. The summed E-state index contributed by atoms with van der Waals surface area (Å²) < 4.78 is 34.5. The summed E-state index contributed by atoms with van der Waals surface area (Å²) in [7, 11) is -4.02. The minimum Gasteiger partial charge on any atom is -0.381 e. The van der Waals surface area contributed by atoms with Gasteiger partial charge in [-0.25, -0.2) is 0 Å². The SMILES string of the molecule is C1CCOC1.Cc1ccc(S(=O)(=O)O)cc1.I. The Bertz CT molecular complexity index is 402. The van der Waals surface area contributed by atoms with Gasteiger partial charge in [-0.15, -0.1) is 24.0 Å². The fourth-order valence-corrected chi connectivity index (χ4v) is 1.70. The molecule has 17 heavy (non-hydrogen) atoms. The van der Waals surface area contributed by atoms with Gasteiger partial charge in [0, 0.05) is 13.2 Å². The van der Waals surface area contributed by atoms with Crippen LogP contribution in [0.25, 0.3) is 0 Å². The van der Waals surface area contributed by atoms with E-state index in [9.17, 15) is 8.42 Å². The normalized spacial score (nSPS) is 14.5. The monoisotopic (exact) mass is 372 g/mol. The van der Waals surface area contributed by atoms with Crippen molar-refractivity contribution >= 4 is 34.1 Å². The van der Waals surface area contributed by atoms with E-state index in [4.69, 9.17) is 9.29 Å². The summed E-state index contributed by atoms with van der Waals surface area (Å²) in [6.07, 6.45) is 2.56. The first-order chi connectivity index (χ1) is 7.50. The lowest BCUT2D eigenvalue weighted by atomic mass is 10.2. The Kier molecular flexibility index (Phi) is 7.93. The predicted molar refractivity (Wildman–Crippen MR) is 76.5 cm³/mol. The number of hydrogen-bond acceptors (Lipinski definition) is 3. The van der Waals surface area contributed by atoms with Crippen molar-refractivity contribution in [3.05, 3.63) is 29.8 Å². The van der Waals surface area contributed by atoms with Gasteiger partial charge < -0.3 is 4.74 Å². The molecule has 0 aromatic heterocycles. The molecule has 6 heteroatoms. The molecule has 0 bridgehead atoms. The van der Waals surface area contributed by atoms with E-state index >= 15 is 0 Å². The van der Waals surface area contributed by atoms with Gasteiger partial charge >= 0.3 is 0 Å². The largest absolute Gasteiger partial charge is 0.381 e. The van der Waals surface area contributed by atoms with Crippen LogP contribution in [-0.2, 0) is 14.9 Å². The molecule has 98 valence electrons. The Balaban J connectivity index is 0.000000360. The Hall–Kier alpha value is -0.180. The molecule has 4 nitrogen and oxygen atoms in total. The highest BCUT2D eigenvalue weighted by Crippen LogP contribution is 2.08. The molecule has 0 spiro atoms. The van der Waals surface area contributed by atoms with E-state index in [0.717, 1.165) is 18.8 Å². The summed E-state index contributed by atoms with van der Waals surface area (Å²) in [5.41, 5.74) is 0.956. The minimum atomic E-state index is -4.02. The van der Waals surface area contributed by atoms with Gasteiger partial charge in [-0.1, -0.05) is 17.7 Å². The average Bonchev–Trinajstić information content (AvgIpc) is 2.74. The van der Waals surface area contributed by atoms with Gasteiger partial charge in [0.15, 0.2) is 0 Å². The van der Waals surface area contributed by atoms with Crippen LogP contribution in [0.3, 0.4) is 0 Å². The van der Waals surface area contributed by atoms with Crippen LogP contribution in [0.5, 0.6) is 0 Å². The molecule has 1 N–H and O–H groups in total. The average molecular weight is 372 g/mol. The van der Waals surface area contributed by atoms with Gasteiger partial charge in [-0.2, -0.15) is 8.42 Å². The van der Waals surface area contributed by atoms with E-state index in [1.807, 2.05) is 6.92 Å². The van der Waals surface area contributed by atoms with Crippen molar-refractivity contribution in [3.63, 3.8) is 0 Å². The lowest BCUT2D eigenvalue weighted by Crippen LogP contribution is -1.96. The van der Waals surface area contributed by atoms with Crippen molar-refractivity contribution in [3.8, 4) is 0 Å². The molecule has 0 amide bonds. The number of rotatable bonds is 1. The van der Waals surface area contributed by atoms with Crippen LogP contribution in [0, 0.1) is 6.92 Å². The second-order valence-corrected chi connectivity index (χ2v) is 5.03. The van der Waals surface area contributed by atoms with Crippen LogP contribution in [0.1, 0.15) is 18.4 Å². The molecule has 1 fully saturated rings. The topological polar surface area (TPSA) is 63.6 Å². The van der Waals surface area contributed by atoms with Crippen molar-refractivity contribution in [2.24, 2.45) is 0 Å². The quantitative estimate of drug-likeness (QED) is 0.608. The smallest absolute Gasteiger partial charge is 0.294 e. The minimum absolute atomic E-state index is 0. The zero-order valence-corrected chi connectivity index (χ0v) is 12.8. The van der Waals surface area contributed by atoms with E-state index in [0.29, 0.717) is 0 Å². The predicted octanol–water partition coefficient (Wildman–Crippen LogP) is 2.66. The molecule has 0 atom stereocenters. The maximum atomic E-state index is 10.5. The van der Waals surface area contributed by atoms with Crippen LogP contribution >= 0.6 is 24.0 Å². The van der Waals surface area contributed by atoms with Crippen LogP contribution in [0.15, 0.2) is 29.2 Å². The zero-order valence-electron chi connectivity index (χ0n) is 9.63. The number of hydrogen-bond donors (Lipinski definition) is 1. The highest BCUT2D eigenvalue weighted by Gasteiger charge is 2.06. The summed E-state index contributed by atoms with van der Waals surface area (Å²) in [5, 5.41) is 0. The first-order valence-corrected chi connectivity index (χ1v) is 6.56.